The third-order valence-corrected chi connectivity index (χ3v) is 6.05. The smallest absolute Gasteiger partial charge is 0.151 e. The number of nitrogens with one attached hydrogen (secondary N) is 1. The number of rotatable bonds is 8. The van der Waals surface area contributed by atoms with Crippen LogP contribution >= 0.6 is 0 Å². The first-order valence-electron chi connectivity index (χ1n) is 7.75. The lowest BCUT2D eigenvalue weighted by molar-refractivity contribution is 0.206. The Morgan fingerprint density at radius 2 is 1.79 bits per heavy atom. The third-order valence-electron chi connectivity index (χ3n) is 4.21. The number of sulfone groups is 1. The van der Waals surface area contributed by atoms with Crippen molar-refractivity contribution in [3.8, 4) is 0 Å². The van der Waals surface area contributed by atoms with Gasteiger partial charge in [0.1, 0.15) is 0 Å². The van der Waals surface area contributed by atoms with Crippen LogP contribution in [0.15, 0.2) is 0 Å². The Balaban J connectivity index is 1.60. The minimum atomic E-state index is -2.82. The summed E-state index contributed by atoms with van der Waals surface area (Å²) < 4.78 is 23.4. The zero-order valence-corrected chi connectivity index (χ0v) is 12.9. The van der Waals surface area contributed by atoms with Gasteiger partial charge in [0.15, 0.2) is 9.84 Å². The van der Waals surface area contributed by atoms with Crippen molar-refractivity contribution in [2.24, 2.45) is 5.92 Å². The first kappa shape index (κ1) is 15.3. The summed E-state index contributed by atoms with van der Waals surface area (Å²) >= 11 is 0. The van der Waals surface area contributed by atoms with Gasteiger partial charge in [-0.3, -0.25) is 0 Å². The molecule has 0 spiro atoms. The molecule has 2 fully saturated rings. The van der Waals surface area contributed by atoms with Gasteiger partial charge in [-0.2, -0.15) is 0 Å². The van der Waals surface area contributed by atoms with Gasteiger partial charge in [-0.25, -0.2) is 8.42 Å². The molecule has 5 heteroatoms. The molecule has 1 heterocycles. The maximum Gasteiger partial charge on any atom is 0.151 e. The Morgan fingerprint density at radius 1 is 1.11 bits per heavy atom. The molecule has 0 aromatic heterocycles. The summed E-state index contributed by atoms with van der Waals surface area (Å²) in [5.74, 6) is 1.62. The van der Waals surface area contributed by atoms with Crippen molar-refractivity contribution in [2.75, 3.05) is 37.7 Å². The zero-order valence-electron chi connectivity index (χ0n) is 12.1. The maximum atomic E-state index is 11.7. The molecule has 0 aromatic rings. The molecule has 0 atom stereocenters. The zero-order chi connectivity index (χ0) is 13.7. The minimum absolute atomic E-state index is 0.334. The molecule has 1 aliphatic carbocycles. The lowest BCUT2D eigenvalue weighted by Gasteiger charge is -2.32. The Morgan fingerprint density at radius 3 is 2.37 bits per heavy atom. The van der Waals surface area contributed by atoms with Crippen LogP contribution in [0.2, 0.25) is 0 Å². The van der Waals surface area contributed by atoms with Gasteiger partial charge in [0.25, 0.3) is 0 Å². The van der Waals surface area contributed by atoms with E-state index in [-0.39, 0.29) is 0 Å². The molecule has 2 rings (SSSR count). The molecule has 19 heavy (non-hydrogen) atoms. The molecule has 0 aromatic carbocycles. The second kappa shape index (κ2) is 7.04. The average molecular weight is 288 g/mol. The van der Waals surface area contributed by atoms with Crippen LogP contribution in [0, 0.1) is 5.92 Å². The highest BCUT2D eigenvalue weighted by molar-refractivity contribution is 7.91. The highest BCUT2D eigenvalue weighted by Crippen LogP contribution is 2.28. The molecule has 1 saturated carbocycles. The number of hydrogen-bond acceptors (Lipinski definition) is 4. The molecule has 0 radical (unpaired) electrons. The monoisotopic (exact) mass is 288 g/mol. The predicted molar refractivity (Wildman–Crippen MR) is 79.1 cm³/mol. The van der Waals surface area contributed by atoms with Gasteiger partial charge >= 0.3 is 0 Å². The summed E-state index contributed by atoms with van der Waals surface area (Å²) in [6.07, 6.45) is 5.87. The van der Waals surface area contributed by atoms with Crippen molar-refractivity contribution >= 4 is 9.84 Å². The highest BCUT2D eigenvalue weighted by atomic mass is 32.2. The van der Waals surface area contributed by atoms with E-state index in [1.807, 2.05) is 6.92 Å². The van der Waals surface area contributed by atoms with E-state index >= 15 is 0 Å². The average Bonchev–Trinajstić information content (AvgIpc) is 3.19. The molecule has 0 unspecified atom stereocenters. The van der Waals surface area contributed by atoms with Gasteiger partial charge in [-0.05, 0) is 57.7 Å². The van der Waals surface area contributed by atoms with Gasteiger partial charge < -0.3 is 10.2 Å². The summed E-state index contributed by atoms with van der Waals surface area (Å²) in [4.78, 5) is 2.31. The Kier molecular flexibility index (Phi) is 5.66. The lowest BCUT2D eigenvalue weighted by atomic mass is 10.1. The molecule has 112 valence electrons. The fraction of sp³-hybridized carbons (Fsp3) is 1.00. The normalized spacial score (nSPS) is 22.8. The van der Waals surface area contributed by atoms with Crippen LogP contribution in [0.3, 0.4) is 0 Å². The van der Waals surface area contributed by atoms with E-state index in [1.54, 1.807) is 0 Å². The second-order valence-corrected chi connectivity index (χ2v) is 8.42. The first-order valence-corrected chi connectivity index (χ1v) is 9.57. The summed E-state index contributed by atoms with van der Waals surface area (Å²) in [5, 5.41) is 3.65. The van der Waals surface area contributed by atoms with E-state index < -0.39 is 9.84 Å². The minimum Gasteiger partial charge on any atom is -0.314 e. The number of likely N-dealkylation sites (tertiary alicyclic amines) is 1. The van der Waals surface area contributed by atoms with Crippen LogP contribution in [-0.4, -0.2) is 57.0 Å². The third kappa shape index (κ3) is 5.79. The Bertz CT molecular complexity index is 358. The highest BCUT2D eigenvalue weighted by Gasteiger charge is 2.24. The summed E-state index contributed by atoms with van der Waals surface area (Å²) in [7, 11) is -2.82. The quantitative estimate of drug-likeness (QED) is 0.731. The van der Waals surface area contributed by atoms with Gasteiger partial charge in [-0.1, -0.05) is 6.92 Å². The molecule has 1 N–H and O–H groups in total. The molecule has 0 amide bonds. The van der Waals surface area contributed by atoms with Crippen LogP contribution in [0.4, 0.5) is 0 Å². The van der Waals surface area contributed by atoms with E-state index in [0.29, 0.717) is 17.5 Å². The molecule has 1 saturated heterocycles. The first-order chi connectivity index (χ1) is 9.09. The summed E-state index contributed by atoms with van der Waals surface area (Å²) in [6, 6.07) is 0.657. The molecule has 4 nitrogen and oxygen atoms in total. The SMILES string of the molecule is CCCS(=O)(=O)CCN1CCC(NCC2CC2)CC1. The van der Waals surface area contributed by atoms with E-state index in [4.69, 9.17) is 0 Å². The van der Waals surface area contributed by atoms with Crippen molar-refractivity contribution in [1.82, 2.24) is 10.2 Å². The van der Waals surface area contributed by atoms with Crippen LogP contribution in [0.5, 0.6) is 0 Å². The van der Waals surface area contributed by atoms with E-state index in [9.17, 15) is 8.42 Å². The Hall–Kier alpha value is -0.130. The predicted octanol–water partition coefficient (Wildman–Crippen LogP) is 1.28. The summed E-state index contributed by atoms with van der Waals surface area (Å²) in [5.41, 5.74) is 0. The standard InChI is InChI=1S/C14H28N2O2S/c1-2-10-19(17,18)11-9-16-7-5-14(6-8-16)15-12-13-3-4-13/h13-15H,2-12H2,1H3. The lowest BCUT2D eigenvalue weighted by Crippen LogP contribution is -2.44. The van der Waals surface area contributed by atoms with Gasteiger partial charge in [0.05, 0.1) is 5.75 Å². The second-order valence-electron chi connectivity index (χ2n) is 6.12. The molecule has 1 aliphatic heterocycles. The van der Waals surface area contributed by atoms with E-state index in [1.165, 1.54) is 32.2 Å². The van der Waals surface area contributed by atoms with Crippen molar-refractivity contribution in [2.45, 2.75) is 45.1 Å². The number of piperidine rings is 1. The van der Waals surface area contributed by atoms with E-state index in [0.717, 1.165) is 32.0 Å². The van der Waals surface area contributed by atoms with Crippen LogP contribution in [0.25, 0.3) is 0 Å². The molecular formula is C14H28N2O2S. The maximum absolute atomic E-state index is 11.7. The van der Waals surface area contributed by atoms with E-state index in [2.05, 4.69) is 10.2 Å². The van der Waals surface area contributed by atoms with Crippen molar-refractivity contribution in [1.29, 1.82) is 0 Å². The van der Waals surface area contributed by atoms with Gasteiger partial charge in [-0.15, -0.1) is 0 Å². The topological polar surface area (TPSA) is 49.4 Å². The fourth-order valence-electron chi connectivity index (χ4n) is 2.70. The molecule has 2 aliphatic rings. The molecular weight excluding hydrogens is 260 g/mol. The summed E-state index contributed by atoms with van der Waals surface area (Å²) in [6.45, 7) is 5.93. The number of nitrogens with zero attached hydrogens (tertiary/aromatic N) is 1. The largest absolute Gasteiger partial charge is 0.314 e. The van der Waals surface area contributed by atoms with Gasteiger partial charge in [0.2, 0.25) is 0 Å². The van der Waals surface area contributed by atoms with Crippen molar-refractivity contribution in [3.05, 3.63) is 0 Å². The Labute approximate surface area is 117 Å². The fourth-order valence-corrected chi connectivity index (χ4v) is 4.06. The van der Waals surface area contributed by atoms with Crippen LogP contribution in [-0.2, 0) is 9.84 Å². The van der Waals surface area contributed by atoms with Crippen LogP contribution in [0.1, 0.15) is 39.0 Å². The van der Waals surface area contributed by atoms with Crippen molar-refractivity contribution in [3.63, 3.8) is 0 Å². The van der Waals surface area contributed by atoms with Crippen molar-refractivity contribution < 1.29 is 8.42 Å². The van der Waals surface area contributed by atoms with Gasteiger partial charge in [0, 0.05) is 18.3 Å². The van der Waals surface area contributed by atoms with Crippen LogP contribution < -0.4 is 5.32 Å². The number of hydrogen-bond donors (Lipinski definition) is 1. The molecule has 0 bridgehead atoms.